The van der Waals surface area contributed by atoms with Crippen LogP contribution in [0.5, 0.6) is 0 Å². The number of rotatable bonds is 3. The predicted octanol–water partition coefficient (Wildman–Crippen LogP) is 3.08. The number of nitrogens with zero attached hydrogens (tertiary/aromatic N) is 2. The number of piperidine rings is 1. The monoisotopic (exact) mass is 417 g/mol. The Morgan fingerprint density at radius 3 is 2.70 bits per heavy atom. The Balaban J connectivity index is 0.00000131. The molecule has 3 fully saturated rings. The summed E-state index contributed by atoms with van der Waals surface area (Å²) in [4.78, 5) is 17.4. The minimum absolute atomic E-state index is 0. The van der Waals surface area contributed by atoms with Crippen molar-refractivity contribution in [1.29, 1.82) is 0 Å². The van der Waals surface area contributed by atoms with E-state index < -0.39 is 0 Å². The second-order valence-electron chi connectivity index (χ2n) is 8.11. The molecule has 1 aliphatic carbocycles. The number of halogens is 3. The third-order valence-corrected chi connectivity index (χ3v) is 6.37. The number of nitrogens with two attached hydrogens (primary N) is 1. The highest BCUT2D eigenvalue weighted by molar-refractivity contribution is 5.85. The Kier molecular flexibility index (Phi) is 7.93. The first-order valence-corrected chi connectivity index (χ1v) is 9.61. The standard InChI is InChI=1S/C20H28FN3O.2ClH/c21-17-5-1-3-14(9-17)10-23-8-2-4-16(11-23)20(25)24-12-15-6-7-19(22)18(15)13-24;;/h1,3,5,9,15-16,18-19H,2,4,6-8,10-13,22H2;2*1H. The Morgan fingerprint density at radius 2 is 1.96 bits per heavy atom. The molecular weight excluding hydrogens is 388 g/mol. The zero-order chi connectivity index (χ0) is 17.4. The number of benzene rings is 1. The van der Waals surface area contributed by atoms with Crippen molar-refractivity contribution in [3.05, 3.63) is 35.6 Å². The summed E-state index contributed by atoms with van der Waals surface area (Å²) in [6, 6.07) is 7.05. The van der Waals surface area contributed by atoms with Crippen molar-refractivity contribution in [3.8, 4) is 0 Å². The number of hydrogen-bond acceptors (Lipinski definition) is 3. The third kappa shape index (κ3) is 4.94. The van der Waals surface area contributed by atoms with Gasteiger partial charge in [0.2, 0.25) is 5.91 Å². The van der Waals surface area contributed by atoms with Gasteiger partial charge in [-0.3, -0.25) is 9.69 Å². The fourth-order valence-electron chi connectivity index (χ4n) is 5.04. The maximum absolute atomic E-state index is 13.4. The van der Waals surface area contributed by atoms with Gasteiger partial charge in [0.05, 0.1) is 5.92 Å². The number of amides is 1. The maximum atomic E-state index is 13.4. The van der Waals surface area contributed by atoms with Crippen molar-refractivity contribution in [2.75, 3.05) is 26.2 Å². The van der Waals surface area contributed by atoms with Crippen LogP contribution in [0.3, 0.4) is 0 Å². The van der Waals surface area contributed by atoms with Gasteiger partial charge in [0.25, 0.3) is 0 Å². The largest absolute Gasteiger partial charge is 0.342 e. The molecule has 1 amide bonds. The first-order valence-electron chi connectivity index (χ1n) is 9.61. The first kappa shape index (κ1) is 22.4. The molecule has 27 heavy (non-hydrogen) atoms. The number of likely N-dealkylation sites (tertiary alicyclic amines) is 2. The van der Waals surface area contributed by atoms with Gasteiger partial charge in [0.15, 0.2) is 0 Å². The molecule has 4 nitrogen and oxygen atoms in total. The highest BCUT2D eigenvalue weighted by Gasteiger charge is 2.43. The molecule has 152 valence electrons. The second-order valence-corrected chi connectivity index (χ2v) is 8.11. The van der Waals surface area contributed by atoms with Gasteiger partial charge in [0.1, 0.15) is 5.82 Å². The molecule has 1 aromatic carbocycles. The van der Waals surface area contributed by atoms with Crippen molar-refractivity contribution >= 4 is 30.7 Å². The molecule has 1 saturated carbocycles. The molecule has 2 saturated heterocycles. The molecule has 7 heteroatoms. The minimum atomic E-state index is -0.193. The molecule has 2 heterocycles. The van der Waals surface area contributed by atoms with Crippen LogP contribution < -0.4 is 5.73 Å². The van der Waals surface area contributed by atoms with E-state index in [9.17, 15) is 9.18 Å². The molecule has 0 radical (unpaired) electrons. The van der Waals surface area contributed by atoms with Gasteiger partial charge in [-0.2, -0.15) is 0 Å². The highest BCUT2D eigenvalue weighted by Crippen LogP contribution is 2.38. The summed E-state index contributed by atoms with van der Waals surface area (Å²) in [5.41, 5.74) is 7.19. The summed E-state index contributed by atoms with van der Waals surface area (Å²) in [6.45, 7) is 4.24. The van der Waals surface area contributed by atoms with Gasteiger partial charge in [-0.1, -0.05) is 12.1 Å². The zero-order valence-electron chi connectivity index (χ0n) is 15.6. The van der Waals surface area contributed by atoms with Crippen molar-refractivity contribution in [1.82, 2.24) is 9.80 Å². The van der Waals surface area contributed by atoms with E-state index in [1.54, 1.807) is 12.1 Å². The first-order chi connectivity index (χ1) is 12.1. The van der Waals surface area contributed by atoms with Crippen LogP contribution in [0.25, 0.3) is 0 Å². The molecule has 4 atom stereocenters. The van der Waals surface area contributed by atoms with Crippen molar-refractivity contribution < 1.29 is 9.18 Å². The lowest BCUT2D eigenvalue weighted by Crippen LogP contribution is -2.44. The van der Waals surface area contributed by atoms with E-state index in [-0.39, 0.29) is 42.6 Å². The third-order valence-electron chi connectivity index (χ3n) is 6.37. The molecule has 0 aromatic heterocycles. The lowest BCUT2D eigenvalue weighted by Gasteiger charge is -2.34. The summed E-state index contributed by atoms with van der Waals surface area (Å²) < 4.78 is 13.4. The van der Waals surface area contributed by atoms with Crippen LogP contribution in [-0.4, -0.2) is 47.9 Å². The molecule has 0 bridgehead atoms. The van der Waals surface area contributed by atoms with Gasteiger partial charge in [-0.25, -0.2) is 4.39 Å². The number of carbonyl (C=O) groups excluding carboxylic acids is 1. The van der Waals surface area contributed by atoms with Gasteiger partial charge in [-0.15, -0.1) is 24.8 Å². The summed E-state index contributed by atoms with van der Waals surface area (Å²) in [5.74, 6) is 1.33. The van der Waals surface area contributed by atoms with Crippen LogP contribution in [0.15, 0.2) is 24.3 Å². The molecular formula is C20H30Cl2FN3O. The van der Waals surface area contributed by atoms with Gasteiger partial charge >= 0.3 is 0 Å². The van der Waals surface area contributed by atoms with Crippen LogP contribution >= 0.6 is 24.8 Å². The van der Waals surface area contributed by atoms with Crippen LogP contribution in [0, 0.1) is 23.6 Å². The average Bonchev–Trinajstić information content (AvgIpc) is 3.17. The fraction of sp³-hybridized carbons (Fsp3) is 0.650. The molecule has 3 aliphatic rings. The van der Waals surface area contributed by atoms with Crippen molar-refractivity contribution in [2.24, 2.45) is 23.5 Å². The predicted molar refractivity (Wildman–Crippen MR) is 110 cm³/mol. The van der Waals surface area contributed by atoms with Crippen LogP contribution in [0.1, 0.15) is 31.2 Å². The molecule has 2 N–H and O–H groups in total. The lowest BCUT2D eigenvalue weighted by atomic mass is 9.96. The second kappa shape index (κ2) is 9.55. The Hall–Kier alpha value is -0.880. The van der Waals surface area contributed by atoms with E-state index in [0.29, 0.717) is 17.7 Å². The van der Waals surface area contributed by atoms with Crippen LogP contribution in [0.4, 0.5) is 4.39 Å². The van der Waals surface area contributed by atoms with E-state index >= 15 is 0 Å². The lowest BCUT2D eigenvalue weighted by molar-refractivity contribution is -0.136. The van der Waals surface area contributed by atoms with Crippen molar-refractivity contribution in [2.45, 2.75) is 38.3 Å². The van der Waals surface area contributed by atoms with E-state index in [1.807, 2.05) is 6.07 Å². The SMILES string of the molecule is Cl.Cl.NC1CCC2CN(C(=O)C3CCCN(Cc4cccc(F)c4)C3)CC12. The zero-order valence-corrected chi connectivity index (χ0v) is 17.2. The number of carbonyl (C=O) groups is 1. The summed E-state index contributed by atoms with van der Waals surface area (Å²) in [6.07, 6.45) is 4.29. The molecule has 0 spiro atoms. The Morgan fingerprint density at radius 1 is 1.15 bits per heavy atom. The van der Waals surface area contributed by atoms with E-state index in [1.165, 1.54) is 12.5 Å². The van der Waals surface area contributed by atoms with E-state index in [2.05, 4.69) is 9.80 Å². The minimum Gasteiger partial charge on any atom is -0.342 e. The smallest absolute Gasteiger partial charge is 0.226 e. The van der Waals surface area contributed by atoms with Gasteiger partial charge < -0.3 is 10.6 Å². The van der Waals surface area contributed by atoms with Crippen LogP contribution in [-0.2, 0) is 11.3 Å². The summed E-state index contributed by atoms with van der Waals surface area (Å²) in [7, 11) is 0. The van der Waals surface area contributed by atoms with Gasteiger partial charge in [0, 0.05) is 32.2 Å². The number of hydrogen-bond donors (Lipinski definition) is 1. The number of fused-ring (bicyclic) bond motifs is 1. The molecule has 1 aromatic rings. The summed E-state index contributed by atoms with van der Waals surface area (Å²) in [5, 5.41) is 0. The molecule has 4 rings (SSSR count). The van der Waals surface area contributed by atoms with Crippen LogP contribution in [0.2, 0.25) is 0 Å². The average molecular weight is 418 g/mol. The Bertz CT molecular complexity index is 647. The van der Waals surface area contributed by atoms with E-state index in [4.69, 9.17) is 5.73 Å². The molecule has 2 aliphatic heterocycles. The topological polar surface area (TPSA) is 49.6 Å². The van der Waals surface area contributed by atoms with E-state index in [0.717, 1.165) is 57.5 Å². The molecule has 4 unspecified atom stereocenters. The summed E-state index contributed by atoms with van der Waals surface area (Å²) >= 11 is 0. The van der Waals surface area contributed by atoms with Gasteiger partial charge in [-0.05, 0) is 61.8 Å². The van der Waals surface area contributed by atoms with Crippen molar-refractivity contribution in [3.63, 3.8) is 0 Å². The normalized spacial score (nSPS) is 30.4. The maximum Gasteiger partial charge on any atom is 0.226 e. The quantitative estimate of drug-likeness (QED) is 0.821. The Labute approximate surface area is 173 Å². The highest BCUT2D eigenvalue weighted by atomic mass is 35.5. The fourth-order valence-corrected chi connectivity index (χ4v) is 5.04.